The first-order valence-corrected chi connectivity index (χ1v) is 10.9. The van der Waals surface area contributed by atoms with E-state index in [4.69, 9.17) is 0 Å². The van der Waals surface area contributed by atoms with Crippen molar-refractivity contribution in [3.05, 3.63) is 60.7 Å². The molecule has 0 bridgehead atoms. The lowest BCUT2D eigenvalue weighted by Gasteiger charge is -2.20. The number of H-pyrrole nitrogens is 1. The molecule has 1 N–H and O–H groups in total. The minimum atomic E-state index is 0.597. The molecular weight excluding hydrogens is 386 g/mol. The van der Waals surface area contributed by atoms with Crippen molar-refractivity contribution < 1.29 is 0 Å². The van der Waals surface area contributed by atoms with Crippen LogP contribution in [0.15, 0.2) is 49.4 Å². The Morgan fingerprint density at radius 2 is 1.77 bits per heavy atom. The van der Waals surface area contributed by atoms with Crippen molar-refractivity contribution in [2.24, 2.45) is 0 Å². The summed E-state index contributed by atoms with van der Waals surface area (Å²) >= 11 is 0. The summed E-state index contributed by atoms with van der Waals surface area (Å²) in [6.07, 6.45) is 15.2. The summed E-state index contributed by atoms with van der Waals surface area (Å²) in [6.45, 7) is 2.17. The van der Waals surface area contributed by atoms with Gasteiger partial charge in [-0.05, 0) is 49.1 Å². The smallest absolute Gasteiger partial charge is 0.163 e. The number of aromatic amines is 1. The van der Waals surface area contributed by atoms with Gasteiger partial charge in [0, 0.05) is 52.3 Å². The Balaban J connectivity index is 1.50. The van der Waals surface area contributed by atoms with Crippen LogP contribution in [-0.2, 0) is 0 Å². The van der Waals surface area contributed by atoms with Gasteiger partial charge < -0.3 is 0 Å². The van der Waals surface area contributed by atoms with Crippen LogP contribution in [0.25, 0.3) is 38.8 Å². The number of nitrogens with one attached hydrogen (secondary N) is 1. The van der Waals surface area contributed by atoms with Crippen molar-refractivity contribution in [1.29, 1.82) is 0 Å². The van der Waals surface area contributed by atoms with Crippen LogP contribution in [-0.4, -0.2) is 34.8 Å². The minimum Gasteiger partial charge on any atom is -0.281 e. The zero-order valence-corrected chi connectivity index (χ0v) is 17.4. The van der Waals surface area contributed by atoms with Crippen LogP contribution < -0.4 is 0 Å². The Kier molecular flexibility index (Phi) is 4.26. The average molecular weight is 409 g/mol. The van der Waals surface area contributed by atoms with Crippen molar-refractivity contribution in [3.8, 4) is 22.3 Å². The van der Waals surface area contributed by atoms with Gasteiger partial charge in [0.05, 0.1) is 5.52 Å². The second kappa shape index (κ2) is 7.27. The Hall–Kier alpha value is -3.61. The van der Waals surface area contributed by atoms with Gasteiger partial charge in [0.1, 0.15) is 12.7 Å². The molecule has 4 aromatic heterocycles. The van der Waals surface area contributed by atoms with Crippen LogP contribution in [0.2, 0.25) is 0 Å². The molecule has 0 unspecified atom stereocenters. The summed E-state index contributed by atoms with van der Waals surface area (Å²) in [7, 11) is 0. The molecule has 4 heterocycles. The van der Waals surface area contributed by atoms with Crippen molar-refractivity contribution in [1.82, 2.24) is 34.8 Å². The number of pyridine rings is 1. The third-order valence-electron chi connectivity index (χ3n) is 6.50. The number of benzene rings is 1. The first-order chi connectivity index (χ1) is 15.3. The van der Waals surface area contributed by atoms with E-state index in [1.807, 2.05) is 10.7 Å². The van der Waals surface area contributed by atoms with Crippen LogP contribution in [0.3, 0.4) is 0 Å². The van der Waals surface area contributed by atoms with Gasteiger partial charge in [0.2, 0.25) is 0 Å². The van der Waals surface area contributed by atoms with E-state index in [1.165, 1.54) is 55.1 Å². The average Bonchev–Trinajstić information content (AvgIpc) is 3.45. The SMILES string of the molecule is Cc1cc2c(C3CCCCC3)[nH]nc2cc1-c1cc(-c2cncnc2)c2ncnn2c1. The summed E-state index contributed by atoms with van der Waals surface area (Å²) in [5.41, 5.74) is 8.42. The zero-order valence-electron chi connectivity index (χ0n) is 17.4. The molecule has 1 aliphatic carbocycles. The van der Waals surface area contributed by atoms with Crippen LogP contribution in [0, 0.1) is 6.92 Å². The fourth-order valence-corrected chi connectivity index (χ4v) is 4.92. The molecule has 154 valence electrons. The zero-order chi connectivity index (χ0) is 20.8. The quantitative estimate of drug-likeness (QED) is 0.449. The van der Waals surface area contributed by atoms with Crippen molar-refractivity contribution >= 4 is 16.6 Å². The number of hydrogen-bond donors (Lipinski definition) is 1. The van der Waals surface area contributed by atoms with Crippen LogP contribution in [0.1, 0.15) is 49.3 Å². The third kappa shape index (κ3) is 3.08. The van der Waals surface area contributed by atoms with Crippen LogP contribution in [0.5, 0.6) is 0 Å². The van der Waals surface area contributed by atoms with Gasteiger partial charge in [-0.25, -0.2) is 19.5 Å². The van der Waals surface area contributed by atoms with Crippen molar-refractivity contribution in [2.75, 3.05) is 0 Å². The Labute approximate surface area is 179 Å². The number of nitrogens with zero attached hydrogens (tertiary/aromatic N) is 6. The van der Waals surface area contributed by atoms with Gasteiger partial charge in [-0.15, -0.1) is 0 Å². The molecule has 1 fully saturated rings. The lowest BCUT2D eigenvalue weighted by molar-refractivity contribution is 0.438. The van der Waals surface area contributed by atoms with E-state index in [-0.39, 0.29) is 0 Å². The monoisotopic (exact) mass is 409 g/mol. The molecule has 0 spiro atoms. The number of aromatic nitrogens is 7. The van der Waals surface area contributed by atoms with E-state index in [0.29, 0.717) is 5.92 Å². The second-order valence-electron chi connectivity index (χ2n) is 8.45. The maximum atomic E-state index is 4.67. The van der Waals surface area contributed by atoms with Gasteiger partial charge in [-0.1, -0.05) is 19.3 Å². The van der Waals surface area contributed by atoms with Gasteiger partial charge in [0.15, 0.2) is 5.65 Å². The van der Waals surface area contributed by atoms with E-state index < -0.39 is 0 Å². The molecule has 0 aliphatic heterocycles. The summed E-state index contributed by atoms with van der Waals surface area (Å²) in [6, 6.07) is 6.62. The van der Waals surface area contributed by atoms with E-state index in [1.54, 1.807) is 18.7 Å². The molecule has 7 heteroatoms. The molecule has 0 amide bonds. The molecule has 1 saturated carbocycles. The summed E-state index contributed by atoms with van der Waals surface area (Å²) in [4.78, 5) is 12.8. The third-order valence-corrected chi connectivity index (χ3v) is 6.50. The van der Waals surface area contributed by atoms with Gasteiger partial charge in [-0.3, -0.25) is 5.10 Å². The Morgan fingerprint density at radius 1 is 0.935 bits per heavy atom. The molecule has 1 aromatic carbocycles. The highest BCUT2D eigenvalue weighted by molar-refractivity contribution is 5.90. The normalized spacial score (nSPS) is 15.1. The molecule has 31 heavy (non-hydrogen) atoms. The van der Waals surface area contributed by atoms with Crippen LogP contribution >= 0.6 is 0 Å². The first-order valence-electron chi connectivity index (χ1n) is 10.9. The summed E-state index contributed by atoms with van der Waals surface area (Å²) < 4.78 is 1.82. The number of aryl methyl sites for hydroxylation is 1. The van der Waals surface area contributed by atoms with Gasteiger partial charge in [0.25, 0.3) is 0 Å². The molecule has 1 aliphatic rings. The fourth-order valence-electron chi connectivity index (χ4n) is 4.92. The Bertz CT molecular complexity index is 1380. The lowest BCUT2D eigenvalue weighted by atomic mass is 9.85. The van der Waals surface area contributed by atoms with E-state index >= 15 is 0 Å². The van der Waals surface area contributed by atoms with Crippen molar-refractivity contribution in [2.45, 2.75) is 44.9 Å². The molecule has 0 atom stereocenters. The highest BCUT2D eigenvalue weighted by Gasteiger charge is 2.21. The number of fused-ring (bicyclic) bond motifs is 2. The molecular formula is C24H23N7. The molecule has 0 radical (unpaired) electrons. The highest BCUT2D eigenvalue weighted by Crippen LogP contribution is 2.38. The van der Waals surface area contributed by atoms with E-state index in [2.05, 4.69) is 55.4 Å². The molecule has 0 saturated heterocycles. The maximum absolute atomic E-state index is 4.67. The fraction of sp³-hybridized carbons (Fsp3) is 0.292. The number of hydrogen-bond acceptors (Lipinski definition) is 5. The lowest BCUT2D eigenvalue weighted by Crippen LogP contribution is -2.05. The second-order valence-corrected chi connectivity index (χ2v) is 8.45. The summed E-state index contributed by atoms with van der Waals surface area (Å²) in [5, 5.41) is 13.7. The largest absolute Gasteiger partial charge is 0.281 e. The highest BCUT2D eigenvalue weighted by atomic mass is 15.3. The maximum Gasteiger partial charge on any atom is 0.163 e. The van der Waals surface area contributed by atoms with E-state index in [0.717, 1.165) is 33.4 Å². The van der Waals surface area contributed by atoms with Crippen LogP contribution in [0.4, 0.5) is 0 Å². The van der Waals surface area contributed by atoms with Crippen molar-refractivity contribution in [3.63, 3.8) is 0 Å². The van der Waals surface area contributed by atoms with E-state index in [9.17, 15) is 0 Å². The minimum absolute atomic E-state index is 0.597. The van der Waals surface area contributed by atoms with Gasteiger partial charge in [-0.2, -0.15) is 10.2 Å². The standard InChI is InChI=1S/C24H23N7/c1-15-7-21-22(29-30-23(21)16-5-3-2-4-6-16)9-19(15)17-8-20(18-10-25-13-26-11-18)24-27-14-28-31(24)12-17/h7-14,16H,2-6H2,1H3,(H,29,30). The Morgan fingerprint density at radius 3 is 2.61 bits per heavy atom. The predicted molar refractivity (Wildman–Crippen MR) is 120 cm³/mol. The van der Waals surface area contributed by atoms with Gasteiger partial charge >= 0.3 is 0 Å². The predicted octanol–water partition coefficient (Wildman–Crippen LogP) is 5.09. The first kappa shape index (κ1) is 18.2. The number of rotatable bonds is 3. The summed E-state index contributed by atoms with van der Waals surface area (Å²) in [5.74, 6) is 0.597. The molecule has 6 rings (SSSR count). The topological polar surface area (TPSA) is 84.6 Å². The molecule has 5 aromatic rings. The molecule has 7 nitrogen and oxygen atoms in total.